The first-order valence-electron chi connectivity index (χ1n) is 6.29. The zero-order valence-electron chi connectivity index (χ0n) is 10.9. The van der Waals surface area contributed by atoms with Crippen molar-refractivity contribution in [3.8, 4) is 0 Å². The highest BCUT2D eigenvalue weighted by Gasteiger charge is 2.19. The third-order valence-corrected chi connectivity index (χ3v) is 3.98. The summed E-state index contributed by atoms with van der Waals surface area (Å²) in [6, 6.07) is 14.4. The largest absolute Gasteiger partial charge is 0.459 e. The van der Waals surface area contributed by atoms with E-state index in [4.69, 9.17) is 4.42 Å². The number of nitrogens with one attached hydrogen (secondary N) is 1. The zero-order valence-corrected chi connectivity index (χ0v) is 12.4. The minimum Gasteiger partial charge on any atom is -0.459 e. The molecule has 1 atom stereocenters. The maximum Gasteiger partial charge on any atom is 0.134 e. The lowest BCUT2D eigenvalue weighted by Crippen LogP contribution is -2.17. The fraction of sp³-hybridized carbons (Fsp3) is 0.125. The third-order valence-electron chi connectivity index (χ3n) is 3.29. The van der Waals surface area contributed by atoms with Crippen molar-refractivity contribution in [3.63, 3.8) is 0 Å². The van der Waals surface area contributed by atoms with Crippen LogP contribution in [-0.4, -0.2) is 7.05 Å². The van der Waals surface area contributed by atoms with Crippen LogP contribution in [0.25, 0.3) is 11.0 Å². The van der Waals surface area contributed by atoms with Crippen LogP contribution in [0.15, 0.2) is 57.4 Å². The van der Waals surface area contributed by atoms with Crippen LogP contribution in [0, 0.1) is 5.82 Å². The minimum absolute atomic E-state index is 0.127. The SMILES string of the molecule is CNC(c1cc2ccccc2o1)c1ccc(F)cc1Br. The van der Waals surface area contributed by atoms with E-state index in [-0.39, 0.29) is 11.9 Å². The van der Waals surface area contributed by atoms with E-state index in [1.807, 2.05) is 37.4 Å². The molecule has 3 rings (SSSR count). The number of hydrogen-bond acceptors (Lipinski definition) is 2. The van der Waals surface area contributed by atoms with Crippen molar-refractivity contribution in [2.45, 2.75) is 6.04 Å². The molecule has 1 N–H and O–H groups in total. The highest BCUT2D eigenvalue weighted by molar-refractivity contribution is 9.10. The smallest absolute Gasteiger partial charge is 0.134 e. The van der Waals surface area contributed by atoms with Gasteiger partial charge in [0.15, 0.2) is 0 Å². The number of benzene rings is 2. The first-order valence-corrected chi connectivity index (χ1v) is 7.09. The lowest BCUT2D eigenvalue weighted by atomic mass is 10.0. The topological polar surface area (TPSA) is 25.2 Å². The summed E-state index contributed by atoms with van der Waals surface area (Å²) in [6.45, 7) is 0. The van der Waals surface area contributed by atoms with Gasteiger partial charge in [-0.05, 0) is 36.9 Å². The predicted octanol–water partition coefficient (Wildman–Crippen LogP) is 4.64. The Morgan fingerprint density at radius 2 is 1.95 bits per heavy atom. The molecule has 0 spiro atoms. The van der Waals surface area contributed by atoms with Gasteiger partial charge in [-0.1, -0.05) is 40.2 Å². The molecule has 2 nitrogen and oxygen atoms in total. The molecule has 1 aromatic heterocycles. The van der Waals surface area contributed by atoms with Crippen LogP contribution in [0.1, 0.15) is 17.4 Å². The van der Waals surface area contributed by atoms with Crippen LogP contribution in [0.2, 0.25) is 0 Å². The van der Waals surface area contributed by atoms with E-state index >= 15 is 0 Å². The first kappa shape index (κ1) is 13.3. The van der Waals surface area contributed by atoms with Crippen molar-refractivity contribution in [2.24, 2.45) is 0 Å². The van der Waals surface area contributed by atoms with Crippen LogP contribution < -0.4 is 5.32 Å². The zero-order chi connectivity index (χ0) is 14.1. The first-order chi connectivity index (χ1) is 9.69. The molecule has 0 saturated heterocycles. The summed E-state index contributed by atoms with van der Waals surface area (Å²) >= 11 is 3.41. The number of rotatable bonds is 3. The van der Waals surface area contributed by atoms with Gasteiger partial charge in [-0.25, -0.2) is 4.39 Å². The van der Waals surface area contributed by atoms with Crippen molar-refractivity contribution < 1.29 is 8.81 Å². The van der Waals surface area contributed by atoms with Gasteiger partial charge in [-0.15, -0.1) is 0 Å². The summed E-state index contributed by atoms with van der Waals surface area (Å²) in [7, 11) is 1.85. The fourth-order valence-corrected chi connectivity index (χ4v) is 2.91. The highest BCUT2D eigenvalue weighted by Crippen LogP contribution is 2.32. The average molecular weight is 334 g/mol. The van der Waals surface area contributed by atoms with Gasteiger partial charge in [0, 0.05) is 9.86 Å². The second kappa shape index (κ2) is 5.38. The lowest BCUT2D eigenvalue weighted by molar-refractivity contribution is 0.490. The Hall–Kier alpha value is -1.65. The third kappa shape index (κ3) is 2.37. The molecule has 20 heavy (non-hydrogen) atoms. The van der Waals surface area contributed by atoms with Crippen LogP contribution in [-0.2, 0) is 0 Å². The van der Waals surface area contributed by atoms with Gasteiger partial charge in [0.2, 0.25) is 0 Å². The highest BCUT2D eigenvalue weighted by atomic mass is 79.9. The molecule has 102 valence electrons. The molecule has 0 fully saturated rings. The van der Waals surface area contributed by atoms with Crippen molar-refractivity contribution in [1.29, 1.82) is 0 Å². The normalized spacial score (nSPS) is 12.8. The number of para-hydroxylation sites is 1. The van der Waals surface area contributed by atoms with E-state index in [1.165, 1.54) is 12.1 Å². The number of halogens is 2. The Morgan fingerprint density at radius 3 is 2.65 bits per heavy atom. The molecule has 3 aromatic rings. The molecule has 0 aliphatic carbocycles. The second-order valence-corrected chi connectivity index (χ2v) is 5.43. The summed E-state index contributed by atoms with van der Waals surface area (Å²) in [4.78, 5) is 0. The van der Waals surface area contributed by atoms with Crippen LogP contribution in [0.3, 0.4) is 0 Å². The van der Waals surface area contributed by atoms with Crippen LogP contribution >= 0.6 is 15.9 Å². The molecule has 0 amide bonds. The van der Waals surface area contributed by atoms with Crippen LogP contribution in [0.5, 0.6) is 0 Å². The van der Waals surface area contributed by atoms with Gasteiger partial charge < -0.3 is 9.73 Å². The van der Waals surface area contributed by atoms with Crippen molar-refractivity contribution >= 4 is 26.9 Å². The van der Waals surface area contributed by atoms with E-state index < -0.39 is 0 Å². The second-order valence-electron chi connectivity index (χ2n) is 4.57. The minimum atomic E-state index is -0.264. The fourth-order valence-electron chi connectivity index (χ4n) is 2.33. The average Bonchev–Trinajstić information content (AvgIpc) is 2.85. The Morgan fingerprint density at radius 1 is 1.15 bits per heavy atom. The summed E-state index contributed by atoms with van der Waals surface area (Å²) in [5, 5.41) is 4.27. The lowest BCUT2D eigenvalue weighted by Gasteiger charge is -2.15. The van der Waals surface area contributed by atoms with E-state index in [0.29, 0.717) is 0 Å². The maximum atomic E-state index is 13.2. The molecule has 0 radical (unpaired) electrons. The summed E-state index contributed by atoms with van der Waals surface area (Å²) in [6.07, 6.45) is 0. The molecule has 4 heteroatoms. The molecule has 0 bridgehead atoms. The Labute approximate surface area is 124 Å². The molecule has 0 saturated carbocycles. The van der Waals surface area contributed by atoms with Gasteiger partial charge in [0.05, 0.1) is 6.04 Å². The van der Waals surface area contributed by atoms with E-state index in [0.717, 1.165) is 26.8 Å². The quantitative estimate of drug-likeness (QED) is 0.755. The molecule has 0 aliphatic heterocycles. The van der Waals surface area contributed by atoms with Gasteiger partial charge in [0.1, 0.15) is 17.2 Å². The molecule has 1 heterocycles. The van der Waals surface area contributed by atoms with E-state index in [2.05, 4.69) is 21.2 Å². The van der Waals surface area contributed by atoms with Crippen molar-refractivity contribution in [3.05, 3.63) is 70.1 Å². The van der Waals surface area contributed by atoms with Gasteiger partial charge >= 0.3 is 0 Å². The van der Waals surface area contributed by atoms with E-state index in [1.54, 1.807) is 6.07 Å². The van der Waals surface area contributed by atoms with Gasteiger partial charge in [0.25, 0.3) is 0 Å². The maximum absolute atomic E-state index is 13.2. The van der Waals surface area contributed by atoms with Gasteiger partial charge in [-0.3, -0.25) is 0 Å². The molecular weight excluding hydrogens is 321 g/mol. The van der Waals surface area contributed by atoms with E-state index in [9.17, 15) is 4.39 Å². The monoisotopic (exact) mass is 333 g/mol. The standard InChI is InChI=1S/C16H13BrFNO/c1-19-16(12-7-6-11(18)9-13(12)17)15-8-10-4-2-3-5-14(10)20-15/h2-9,16,19H,1H3. The summed E-state index contributed by atoms with van der Waals surface area (Å²) in [5.74, 6) is 0.543. The van der Waals surface area contributed by atoms with Crippen LogP contribution in [0.4, 0.5) is 4.39 Å². The van der Waals surface area contributed by atoms with Gasteiger partial charge in [-0.2, -0.15) is 0 Å². The Bertz CT molecular complexity index is 720. The summed E-state index contributed by atoms with van der Waals surface area (Å²) < 4.78 is 19.8. The Kier molecular flexibility index (Phi) is 3.59. The van der Waals surface area contributed by atoms with Crippen molar-refractivity contribution in [1.82, 2.24) is 5.32 Å². The van der Waals surface area contributed by atoms with Crippen molar-refractivity contribution in [2.75, 3.05) is 7.05 Å². The number of hydrogen-bond donors (Lipinski definition) is 1. The molecule has 1 unspecified atom stereocenters. The number of fused-ring (bicyclic) bond motifs is 1. The Balaban J connectivity index is 2.08. The molecular formula is C16H13BrFNO. The molecule has 0 aliphatic rings. The molecule has 2 aromatic carbocycles. The number of furan rings is 1. The predicted molar refractivity (Wildman–Crippen MR) is 81.2 cm³/mol. The summed E-state index contributed by atoms with van der Waals surface area (Å²) in [5.41, 5.74) is 1.79.